The van der Waals surface area contributed by atoms with Gasteiger partial charge in [-0.15, -0.1) is 0 Å². The van der Waals surface area contributed by atoms with Crippen molar-refractivity contribution >= 4 is 5.91 Å². The van der Waals surface area contributed by atoms with Crippen LogP contribution >= 0.6 is 0 Å². The number of carbonyl (C=O) groups is 1. The third-order valence-corrected chi connectivity index (χ3v) is 3.89. The summed E-state index contributed by atoms with van der Waals surface area (Å²) in [7, 11) is 0. The van der Waals surface area contributed by atoms with Crippen LogP contribution in [0, 0.1) is 11.8 Å². The molecule has 0 aliphatic carbocycles. The number of hydrogen-bond donors (Lipinski definition) is 0. The van der Waals surface area contributed by atoms with Gasteiger partial charge in [-0.2, -0.15) is 5.10 Å². The predicted octanol–water partition coefficient (Wildman–Crippen LogP) is 2.39. The summed E-state index contributed by atoms with van der Waals surface area (Å²) in [5, 5.41) is 4.13. The second-order valence-electron chi connectivity index (χ2n) is 6.01. The lowest BCUT2D eigenvalue weighted by Gasteiger charge is -2.35. The van der Waals surface area contributed by atoms with E-state index in [2.05, 4.69) is 23.9 Å². The Hall–Kier alpha value is -2.17. The lowest BCUT2D eigenvalue weighted by Crippen LogP contribution is -2.42. The van der Waals surface area contributed by atoms with Crippen molar-refractivity contribution in [2.45, 2.75) is 20.3 Å². The number of nitrogens with zero attached hydrogens (tertiary/aromatic N) is 4. The molecule has 21 heavy (non-hydrogen) atoms. The summed E-state index contributed by atoms with van der Waals surface area (Å²) >= 11 is 0. The van der Waals surface area contributed by atoms with Gasteiger partial charge in [0.1, 0.15) is 0 Å². The molecule has 2 aromatic rings. The van der Waals surface area contributed by atoms with E-state index in [4.69, 9.17) is 0 Å². The molecule has 0 aromatic carbocycles. The van der Waals surface area contributed by atoms with Crippen LogP contribution in [0.3, 0.4) is 0 Å². The molecule has 1 saturated heterocycles. The molecular formula is C16H20N4O. The third-order valence-electron chi connectivity index (χ3n) is 3.89. The van der Waals surface area contributed by atoms with Gasteiger partial charge in [0, 0.05) is 31.7 Å². The van der Waals surface area contributed by atoms with Gasteiger partial charge in [-0.25, -0.2) is 9.67 Å². The Labute approximate surface area is 124 Å². The molecule has 5 heteroatoms. The number of likely N-dealkylation sites (tertiary alicyclic amines) is 1. The molecule has 3 rings (SSSR count). The zero-order valence-corrected chi connectivity index (χ0v) is 12.4. The molecule has 0 radical (unpaired) electrons. The van der Waals surface area contributed by atoms with E-state index in [1.165, 1.54) is 6.42 Å². The smallest absolute Gasteiger partial charge is 0.255 e. The van der Waals surface area contributed by atoms with E-state index in [1.54, 1.807) is 17.1 Å². The number of pyridine rings is 1. The van der Waals surface area contributed by atoms with Crippen LogP contribution < -0.4 is 0 Å². The molecule has 110 valence electrons. The van der Waals surface area contributed by atoms with Gasteiger partial charge in [-0.1, -0.05) is 13.8 Å². The zero-order chi connectivity index (χ0) is 14.8. The molecule has 0 unspecified atom stereocenters. The van der Waals surface area contributed by atoms with Crippen molar-refractivity contribution < 1.29 is 4.79 Å². The Morgan fingerprint density at radius 1 is 1.24 bits per heavy atom. The molecule has 2 atom stereocenters. The number of carbonyl (C=O) groups excluding carboxylic acids is 1. The third kappa shape index (κ3) is 2.96. The summed E-state index contributed by atoms with van der Waals surface area (Å²) in [5.41, 5.74) is 0.646. The van der Waals surface area contributed by atoms with Crippen LogP contribution in [0.25, 0.3) is 5.82 Å². The average molecular weight is 284 g/mol. The number of hydrogen-bond acceptors (Lipinski definition) is 3. The van der Waals surface area contributed by atoms with Gasteiger partial charge in [0.05, 0.1) is 5.56 Å². The monoisotopic (exact) mass is 284 g/mol. The maximum absolute atomic E-state index is 12.6. The highest BCUT2D eigenvalue weighted by molar-refractivity contribution is 5.94. The van der Waals surface area contributed by atoms with Gasteiger partial charge in [0.15, 0.2) is 5.82 Å². The average Bonchev–Trinajstić information content (AvgIpc) is 3.00. The van der Waals surface area contributed by atoms with Crippen molar-refractivity contribution in [3.8, 4) is 5.82 Å². The van der Waals surface area contributed by atoms with Crippen LogP contribution in [-0.4, -0.2) is 38.7 Å². The van der Waals surface area contributed by atoms with Gasteiger partial charge >= 0.3 is 0 Å². The quantitative estimate of drug-likeness (QED) is 0.851. The molecule has 1 aliphatic rings. The number of amides is 1. The van der Waals surface area contributed by atoms with Crippen LogP contribution in [0.15, 0.2) is 36.8 Å². The summed E-state index contributed by atoms with van der Waals surface area (Å²) in [6, 6.07) is 5.50. The number of aromatic nitrogens is 3. The molecular weight excluding hydrogens is 264 g/mol. The van der Waals surface area contributed by atoms with E-state index >= 15 is 0 Å². The molecule has 0 spiro atoms. The van der Waals surface area contributed by atoms with Crippen molar-refractivity contribution in [1.82, 2.24) is 19.7 Å². The van der Waals surface area contributed by atoms with Crippen LogP contribution in [0.2, 0.25) is 0 Å². The maximum atomic E-state index is 12.6. The maximum Gasteiger partial charge on any atom is 0.255 e. The fraction of sp³-hybridized carbons (Fsp3) is 0.438. The molecule has 2 aromatic heterocycles. The van der Waals surface area contributed by atoms with Gasteiger partial charge in [-0.05, 0) is 36.5 Å². The van der Waals surface area contributed by atoms with E-state index < -0.39 is 0 Å². The van der Waals surface area contributed by atoms with Crippen LogP contribution in [0.1, 0.15) is 30.6 Å². The summed E-state index contributed by atoms with van der Waals surface area (Å²) in [5.74, 6) is 1.92. The lowest BCUT2D eigenvalue weighted by molar-refractivity contribution is 0.0622. The Balaban J connectivity index is 1.76. The summed E-state index contributed by atoms with van der Waals surface area (Å²) in [6.07, 6.45) is 6.37. The van der Waals surface area contributed by atoms with Gasteiger partial charge in [0.25, 0.3) is 5.91 Å². The molecule has 1 aliphatic heterocycles. The van der Waals surface area contributed by atoms with E-state index in [0.29, 0.717) is 17.4 Å². The molecule has 0 saturated carbocycles. The predicted molar refractivity (Wildman–Crippen MR) is 80.2 cm³/mol. The molecule has 3 heterocycles. The standard InChI is InChI=1S/C16H20N4O/c1-12-8-13(2)11-19(10-12)16(21)14-4-5-15(17-9-14)20-7-3-6-18-20/h3-7,9,12-13H,8,10-11H2,1-2H3/t12-,13-/m1/s1. The first-order valence-corrected chi connectivity index (χ1v) is 7.39. The summed E-state index contributed by atoms with van der Waals surface area (Å²) in [4.78, 5) is 18.8. The second kappa shape index (κ2) is 5.68. The molecule has 1 fully saturated rings. The highest BCUT2D eigenvalue weighted by Crippen LogP contribution is 2.22. The summed E-state index contributed by atoms with van der Waals surface area (Å²) in [6.45, 7) is 6.08. The van der Waals surface area contributed by atoms with Crippen LogP contribution in [0.4, 0.5) is 0 Å². The summed E-state index contributed by atoms with van der Waals surface area (Å²) < 4.78 is 1.68. The first kappa shape index (κ1) is 13.8. The molecule has 0 bridgehead atoms. The first-order chi connectivity index (χ1) is 10.1. The van der Waals surface area contributed by atoms with Crippen molar-refractivity contribution in [1.29, 1.82) is 0 Å². The molecule has 0 N–H and O–H groups in total. The highest BCUT2D eigenvalue weighted by Gasteiger charge is 2.26. The van der Waals surface area contributed by atoms with Gasteiger partial charge in [-0.3, -0.25) is 4.79 Å². The zero-order valence-electron chi connectivity index (χ0n) is 12.4. The normalized spacial score (nSPS) is 22.3. The minimum atomic E-state index is 0.0768. The Morgan fingerprint density at radius 2 is 2.00 bits per heavy atom. The lowest BCUT2D eigenvalue weighted by atomic mass is 9.91. The molecule has 1 amide bonds. The number of rotatable bonds is 2. The first-order valence-electron chi connectivity index (χ1n) is 7.39. The minimum Gasteiger partial charge on any atom is -0.338 e. The van der Waals surface area contributed by atoms with E-state index in [1.807, 2.05) is 29.3 Å². The number of piperidine rings is 1. The fourth-order valence-electron chi connectivity index (χ4n) is 3.06. The van der Waals surface area contributed by atoms with E-state index in [-0.39, 0.29) is 5.91 Å². The second-order valence-corrected chi connectivity index (χ2v) is 6.01. The Bertz CT molecular complexity index is 596. The van der Waals surface area contributed by atoms with Gasteiger partial charge in [0.2, 0.25) is 0 Å². The SMILES string of the molecule is C[C@@H]1C[C@@H](C)CN(C(=O)c2ccc(-n3cccn3)nc2)C1. The Morgan fingerprint density at radius 3 is 2.57 bits per heavy atom. The van der Waals surface area contributed by atoms with Crippen molar-refractivity contribution in [3.05, 3.63) is 42.4 Å². The topological polar surface area (TPSA) is 51.0 Å². The van der Waals surface area contributed by atoms with Crippen LogP contribution in [-0.2, 0) is 0 Å². The van der Waals surface area contributed by atoms with Crippen molar-refractivity contribution in [2.75, 3.05) is 13.1 Å². The molecule has 5 nitrogen and oxygen atoms in total. The minimum absolute atomic E-state index is 0.0768. The highest BCUT2D eigenvalue weighted by atomic mass is 16.2. The fourth-order valence-corrected chi connectivity index (χ4v) is 3.06. The van der Waals surface area contributed by atoms with E-state index in [9.17, 15) is 4.79 Å². The van der Waals surface area contributed by atoms with Gasteiger partial charge < -0.3 is 4.90 Å². The van der Waals surface area contributed by atoms with Crippen molar-refractivity contribution in [3.63, 3.8) is 0 Å². The Kier molecular flexibility index (Phi) is 3.73. The van der Waals surface area contributed by atoms with Crippen molar-refractivity contribution in [2.24, 2.45) is 11.8 Å². The van der Waals surface area contributed by atoms with Crippen LogP contribution in [0.5, 0.6) is 0 Å². The largest absolute Gasteiger partial charge is 0.338 e. The van der Waals surface area contributed by atoms with E-state index in [0.717, 1.165) is 18.9 Å².